The lowest BCUT2D eigenvalue weighted by molar-refractivity contribution is -0.207. The van der Waals surface area contributed by atoms with Crippen molar-refractivity contribution >= 4 is 0 Å². The number of aliphatic hydroxyl groups is 4. The molecule has 218 valence electrons. The number of fused-ring (bicyclic) bond motifs is 5. The highest BCUT2D eigenvalue weighted by molar-refractivity contribution is 5.35. The molecule has 40 heavy (non-hydrogen) atoms. The molecular weight excluding hydrogens is 496 g/mol. The van der Waals surface area contributed by atoms with Gasteiger partial charge in [-0.25, -0.2) is 0 Å². The van der Waals surface area contributed by atoms with Gasteiger partial charge in [0.25, 0.3) is 0 Å². The lowest BCUT2D eigenvalue weighted by atomic mass is 9.43. The summed E-state index contributed by atoms with van der Waals surface area (Å²) in [5.74, 6) is 1.90. The van der Waals surface area contributed by atoms with Crippen LogP contribution in [0.5, 0.6) is 0 Å². The first-order valence-electron chi connectivity index (χ1n) is 16.0. The van der Waals surface area contributed by atoms with E-state index in [-0.39, 0.29) is 35.1 Å². The van der Waals surface area contributed by atoms with Gasteiger partial charge in [0.2, 0.25) is 0 Å². The summed E-state index contributed by atoms with van der Waals surface area (Å²) in [6, 6.07) is 20.1. The molecule has 0 unspecified atom stereocenters. The maximum Gasteiger partial charge on any atom is 0.115 e. The first-order valence-corrected chi connectivity index (χ1v) is 16.0. The van der Waals surface area contributed by atoms with E-state index in [2.05, 4.69) is 20.8 Å². The minimum Gasteiger partial charge on any atom is -0.393 e. The van der Waals surface area contributed by atoms with E-state index in [4.69, 9.17) is 0 Å². The Labute approximate surface area is 240 Å². The summed E-state index contributed by atoms with van der Waals surface area (Å²) in [7, 11) is 0. The third kappa shape index (κ3) is 4.40. The van der Waals surface area contributed by atoms with Gasteiger partial charge >= 0.3 is 0 Å². The maximum absolute atomic E-state index is 12.1. The highest BCUT2D eigenvalue weighted by atomic mass is 16.3. The lowest BCUT2D eigenvalue weighted by Gasteiger charge is -2.63. The molecule has 0 amide bonds. The molecule has 2 aromatic rings. The largest absolute Gasteiger partial charge is 0.393 e. The fraction of sp³-hybridized carbons (Fsp3) is 0.667. The minimum absolute atomic E-state index is 0.0942. The third-order valence-electron chi connectivity index (χ3n) is 13.0. The molecule has 4 aliphatic carbocycles. The molecule has 0 aromatic heterocycles. The van der Waals surface area contributed by atoms with Gasteiger partial charge < -0.3 is 20.4 Å². The van der Waals surface area contributed by atoms with Crippen molar-refractivity contribution in [2.75, 3.05) is 0 Å². The first kappa shape index (κ1) is 28.4. The molecule has 4 nitrogen and oxygen atoms in total. The van der Waals surface area contributed by atoms with Gasteiger partial charge in [0, 0.05) is 0 Å². The van der Waals surface area contributed by atoms with Crippen LogP contribution >= 0.6 is 0 Å². The number of aliphatic hydroxyl groups excluding tert-OH is 3. The second kappa shape index (κ2) is 10.5. The Kier molecular flexibility index (Phi) is 7.47. The molecule has 0 radical (unpaired) electrons. The van der Waals surface area contributed by atoms with Gasteiger partial charge in [0.05, 0.1) is 18.3 Å². The summed E-state index contributed by atoms with van der Waals surface area (Å²) < 4.78 is 0. The molecule has 4 N–H and O–H groups in total. The Morgan fingerprint density at radius 2 is 1.45 bits per heavy atom. The van der Waals surface area contributed by atoms with Crippen molar-refractivity contribution in [1.82, 2.24) is 0 Å². The van der Waals surface area contributed by atoms with E-state index in [1.165, 1.54) is 0 Å². The van der Waals surface area contributed by atoms with E-state index in [1.54, 1.807) is 0 Å². The fourth-order valence-corrected chi connectivity index (χ4v) is 10.7. The Hall–Kier alpha value is -1.72. The molecular formula is C36H50O4. The highest BCUT2D eigenvalue weighted by Crippen LogP contribution is 2.68. The summed E-state index contributed by atoms with van der Waals surface area (Å²) >= 11 is 0. The zero-order valence-corrected chi connectivity index (χ0v) is 24.6. The lowest BCUT2D eigenvalue weighted by Crippen LogP contribution is -2.62. The molecule has 4 heteroatoms. The number of hydrogen-bond acceptors (Lipinski definition) is 4. The highest BCUT2D eigenvalue weighted by Gasteiger charge is 2.65. The standard InChI is InChI=1S/C36H50O4/c1-23(16-19-36(40,24-10-6-4-7-11-24)25-12-8-5-9-13-25)28-14-15-29-33-30(22-32(39)35(28,29)3)34(2)18-17-27(37)20-26(34)21-31(33)38/h4-13,23,26-33,37-40H,14-22H2,1-3H3/t23-,26-,27+,28+,29-,30-,31-,32-,33-,34+,35-/m1/s1. The molecule has 4 saturated carbocycles. The van der Waals surface area contributed by atoms with Crippen LogP contribution < -0.4 is 0 Å². The molecule has 6 rings (SSSR count). The third-order valence-corrected chi connectivity index (χ3v) is 13.0. The Bertz CT molecular complexity index is 1110. The summed E-state index contributed by atoms with van der Waals surface area (Å²) in [6.07, 6.45) is 6.85. The SMILES string of the molecule is C[C@H](CCC(O)(c1ccccc1)c1ccccc1)[C@@H]1CC[C@@H]2[C@H]3[C@H](O)C[C@H]4C[C@@H](O)CC[C@]4(C)[C@@H]3C[C@@H](O)[C@@]21C. The van der Waals surface area contributed by atoms with Crippen molar-refractivity contribution in [2.45, 2.75) is 102 Å². The molecule has 0 saturated heterocycles. The van der Waals surface area contributed by atoms with Crippen molar-refractivity contribution < 1.29 is 20.4 Å². The van der Waals surface area contributed by atoms with Crippen LogP contribution in [-0.4, -0.2) is 38.7 Å². The molecule has 11 atom stereocenters. The maximum atomic E-state index is 12.1. The molecule has 0 spiro atoms. The Morgan fingerprint density at radius 1 is 0.825 bits per heavy atom. The second-order valence-electron chi connectivity index (χ2n) is 14.6. The van der Waals surface area contributed by atoms with Crippen molar-refractivity contribution in [1.29, 1.82) is 0 Å². The van der Waals surface area contributed by atoms with E-state index in [1.807, 2.05) is 60.7 Å². The molecule has 4 fully saturated rings. The van der Waals surface area contributed by atoms with Gasteiger partial charge in [0.1, 0.15) is 5.60 Å². The Balaban J connectivity index is 1.24. The van der Waals surface area contributed by atoms with Gasteiger partial charge in [-0.2, -0.15) is 0 Å². The van der Waals surface area contributed by atoms with E-state index in [0.717, 1.165) is 62.5 Å². The average Bonchev–Trinajstić information content (AvgIpc) is 3.32. The van der Waals surface area contributed by atoms with Crippen LogP contribution in [0.4, 0.5) is 0 Å². The number of benzene rings is 2. The molecule has 0 heterocycles. The van der Waals surface area contributed by atoms with E-state index < -0.39 is 5.60 Å². The monoisotopic (exact) mass is 546 g/mol. The normalized spacial score (nSPS) is 42.0. The second-order valence-corrected chi connectivity index (χ2v) is 14.6. The first-order chi connectivity index (χ1) is 19.1. The van der Waals surface area contributed by atoms with E-state index in [9.17, 15) is 20.4 Å². The van der Waals surface area contributed by atoms with Gasteiger partial charge in [0.15, 0.2) is 0 Å². The zero-order chi connectivity index (χ0) is 28.3. The summed E-state index contributed by atoms with van der Waals surface area (Å²) in [5, 5.41) is 46.1. The van der Waals surface area contributed by atoms with Gasteiger partial charge in [-0.05, 0) is 115 Å². The van der Waals surface area contributed by atoms with Crippen molar-refractivity contribution in [3.8, 4) is 0 Å². The quantitative estimate of drug-likeness (QED) is 0.343. The van der Waals surface area contributed by atoms with E-state index in [0.29, 0.717) is 36.0 Å². The summed E-state index contributed by atoms with van der Waals surface area (Å²) in [5.41, 5.74) is 0.666. The number of hydrogen-bond donors (Lipinski definition) is 4. The minimum atomic E-state index is -1.05. The van der Waals surface area contributed by atoms with Crippen LogP contribution in [-0.2, 0) is 5.60 Å². The molecule has 2 aromatic carbocycles. The van der Waals surface area contributed by atoms with Gasteiger partial charge in [-0.1, -0.05) is 81.4 Å². The van der Waals surface area contributed by atoms with Crippen LogP contribution in [0.2, 0.25) is 0 Å². The molecule has 0 bridgehead atoms. The topological polar surface area (TPSA) is 80.9 Å². The van der Waals surface area contributed by atoms with Crippen molar-refractivity contribution in [3.05, 3.63) is 71.8 Å². The Morgan fingerprint density at radius 3 is 2.08 bits per heavy atom. The summed E-state index contributed by atoms with van der Waals surface area (Å²) in [6.45, 7) is 7.04. The van der Waals surface area contributed by atoms with E-state index >= 15 is 0 Å². The predicted octanol–water partition coefficient (Wildman–Crippen LogP) is 6.30. The average molecular weight is 547 g/mol. The molecule has 0 aliphatic heterocycles. The van der Waals surface area contributed by atoms with Gasteiger partial charge in [-0.15, -0.1) is 0 Å². The van der Waals surface area contributed by atoms with Gasteiger partial charge in [-0.3, -0.25) is 0 Å². The van der Waals surface area contributed by atoms with Crippen LogP contribution in [0.25, 0.3) is 0 Å². The number of rotatable bonds is 6. The van der Waals surface area contributed by atoms with Crippen LogP contribution in [0.1, 0.15) is 89.7 Å². The zero-order valence-electron chi connectivity index (χ0n) is 24.6. The van der Waals surface area contributed by atoms with Crippen molar-refractivity contribution in [2.24, 2.45) is 46.3 Å². The predicted molar refractivity (Wildman–Crippen MR) is 158 cm³/mol. The fourth-order valence-electron chi connectivity index (χ4n) is 10.7. The van der Waals surface area contributed by atoms with Crippen LogP contribution in [0.15, 0.2) is 60.7 Å². The summed E-state index contributed by atoms with van der Waals surface area (Å²) in [4.78, 5) is 0. The van der Waals surface area contributed by atoms with Crippen molar-refractivity contribution in [3.63, 3.8) is 0 Å². The smallest absolute Gasteiger partial charge is 0.115 e. The molecule has 4 aliphatic rings. The van der Waals surface area contributed by atoms with Crippen LogP contribution in [0, 0.1) is 46.3 Å². The van der Waals surface area contributed by atoms with Crippen LogP contribution in [0.3, 0.4) is 0 Å².